The van der Waals surface area contributed by atoms with Crippen LogP contribution in [0.4, 0.5) is 10.1 Å². The number of piperidine rings is 1. The van der Waals surface area contributed by atoms with Gasteiger partial charge >= 0.3 is 0 Å². The number of hydrogen-bond donors (Lipinski definition) is 0. The summed E-state index contributed by atoms with van der Waals surface area (Å²) in [6, 6.07) is 7.54. The average Bonchev–Trinajstić information content (AvgIpc) is 3.01. The van der Waals surface area contributed by atoms with Crippen molar-refractivity contribution < 1.29 is 4.39 Å². The van der Waals surface area contributed by atoms with Crippen LogP contribution in [0.3, 0.4) is 0 Å². The molecule has 1 aromatic carbocycles. The summed E-state index contributed by atoms with van der Waals surface area (Å²) in [5.74, 6) is -0.163. The third kappa shape index (κ3) is 4.17. The molecule has 0 N–H and O–H groups in total. The lowest BCUT2D eigenvalue weighted by Crippen LogP contribution is -2.55. The second-order valence-corrected chi connectivity index (χ2v) is 7.91. The highest BCUT2D eigenvalue weighted by molar-refractivity contribution is 5.46. The molecular weight excluding hydrogens is 341 g/mol. The molecule has 0 bridgehead atoms. The molecule has 1 aromatic heterocycles. The van der Waals surface area contributed by atoms with Gasteiger partial charge in [0.15, 0.2) is 0 Å². The maximum atomic E-state index is 13.1. The Balaban J connectivity index is 1.31. The maximum Gasteiger partial charge on any atom is 0.123 e. The van der Waals surface area contributed by atoms with Crippen LogP contribution in [-0.2, 0) is 13.6 Å². The van der Waals surface area contributed by atoms with Crippen LogP contribution >= 0.6 is 0 Å². The number of piperazine rings is 1. The van der Waals surface area contributed by atoms with Crippen LogP contribution in [0.15, 0.2) is 30.5 Å². The molecule has 0 spiro atoms. The summed E-state index contributed by atoms with van der Waals surface area (Å²) >= 11 is 0. The van der Waals surface area contributed by atoms with E-state index in [1.54, 1.807) is 12.1 Å². The minimum Gasteiger partial charge on any atom is -0.369 e. The van der Waals surface area contributed by atoms with Crippen molar-refractivity contribution in [2.24, 2.45) is 7.05 Å². The van der Waals surface area contributed by atoms with Crippen molar-refractivity contribution >= 4 is 5.69 Å². The SMILES string of the molecule is Cc1c(CN2CCC[C@H](N3CCN(c4ccc(F)cc4)CC3)C2)cnn1C. The van der Waals surface area contributed by atoms with Crippen LogP contribution in [0.2, 0.25) is 0 Å². The zero-order valence-electron chi connectivity index (χ0n) is 16.4. The Kier molecular flexibility index (Phi) is 5.45. The average molecular weight is 372 g/mol. The van der Waals surface area contributed by atoms with Gasteiger partial charge in [-0.1, -0.05) is 0 Å². The van der Waals surface area contributed by atoms with E-state index in [1.165, 1.54) is 30.6 Å². The molecule has 6 heteroatoms. The Labute approximate surface area is 161 Å². The van der Waals surface area contributed by atoms with Crippen LogP contribution in [0.5, 0.6) is 0 Å². The Morgan fingerprint density at radius 1 is 1.07 bits per heavy atom. The molecule has 0 saturated carbocycles. The Morgan fingerprint density at radius 2 is 1.81 bits per heavy atom. The lowest BCUT2D eigenvalue weighted by Gasteiger charge is -2.44. The summed E-state index contributed by atoms with van der Waals surface area (Å²) in [4.78, 5) is 7.61. The summed E-state index contributed by atoms with van der Waals surface area (Å²) in [6.45, 7) is 9.69. The first-order valence-corrected chi connectivity index (χ1v) is 10.0. The highest BCUT2D eigenvalue weighted by Gasteiger charge is 2.28. The molecule has 2 saturated heterocycles. The highest BCUT2D eigenvalue weighted by Crippen LogP contribution is 2.22. The van der Waals surface area contributed by atoms with E-state index in [4.69, 9.17) is 0 Å². The van der Waals surface area contributed by atoms with E-state index in [9.17, 15) is 4.39 Å². The second-order valence-electron chi connectivity index (χ2n) is 7.91. The Bertz CT molecular complexity index is 748. The third-order valence-corrected chi connectivity index (χ3v) is 6.23. The lowest BCUT2D eigenvalue weighted by atomic mass is 10.0. The summed E-state index contributed by atoms with van der Waals surface area (Å²) in [5.41, 5.74) is 3.75. The minimum absolute atomic E-state index is 0.163. The Morgan fingerprint density at radius 3 is 2.48 bits per heavy atom. The molecule has 2 aliphatic rings. The maximum absolute atomic E-state index is 13.1. The van der Waals surface area contributed by atoms with E-state index in [0.29, 0.717) is 6.04 Å². The van der Waals surface area contributed by atoms with Crippen molar-refractivity contribution in [2.45, 2.75) is 32.4 Å². The van der Waals surface area contributed by atoms with Gasteiger partial charge in [0, 0.05) is 69.3 Å². The first-order valence-electron chi connectivity index (χ1n) is 10.0. The van der Waals surface area contributed by atoms with Crippen molar-refractivity contribution in [3.05, 3.63) is 47.5 Å². The molecule has 5 nitrogen and oxygen atoms in total. The van der Waals surface area contributed by atoms with Crippen molar-refractivity contribution in [3.63, 3.8) is 0 Å². The van der Waals surface area contributed by atoms with Gasteiger partial charge in [-0.05, 0) is 50.6 Å². The number of aromatic nitrogens is 2. The molecule has 0 aliphatic carbocycles. The van der Waals surface area contributed by atoms with Gasteiger partial charge < -0.3 is 4.90 Å². The van der Waals surface area contributed by atoms with Crippen LogP contribution in [0, 0.1) is 12.7 Å². The van der Waals surface area contributed by atoms with Crippen molar-refractivity contribution in [2.75, 3.05) is 44.2 Å². The molecule has 146 valence electrons. The van der Waals surface area contributed by atoms with Gasteiger partial charge in [-0.3, -0.25) is 14.5 Å². The molecule has 2 aromatic rings. The highest BCUT2D eigenvalue weighted by atomic mass is 19.1. The van der Waals surface area contributed by atoms with Gasteiger partial charge in [-0.25, -0.2) is 4.39 Å². The third-order valence-electron chi connectivity index (χ3n) is 6.23. The standard InChI is InChI=1S/C21H30FN5/c1-17-18(14-23-24(17)2)15-25-9-3-4-21(16-25)27-12-10-26(11-13-27)20-7-5-19(22)6-8-20/h5-8,14,21H,3-4,9-13,15-16H2,1-2H3/t21-/m0/s1. The van der Waals surface area contributed by atoms with Crippen molar-refractivity contribution in [1.82, 2.24) is 19.6 Å². The number of hydrogen-bond acceptors (Lipinski definition) is 4. The topological polar surface area (TPSA) is 27.5 Å². The predicted octanol–water partition coefficient (Wildman–Crippen LogP) is 2.65. The van der Waals surface area contributed by atoms with Gasteiger partial charge in [0.25, 0.3) is 0 Å². The molecule has 27 heavy (non-hydrogen) atoms. The predicted molar refractivity (Wildman–Crippen MR) is 106 cm³/mol. The lowest BCUT2D eigenvalue weighted by molar-refractivity contribution is 0.0886. The fourth-order valence-electron chi connectivity index (χ4n) is 4.41. The first kappa shape index (κ1) is 18.4. The van der Waals surface area contributed by atoms with Gasteiger partial charge in [-0.15, -0.1) is 0 Å². The van der Waals surface area contributed by atoms with E-state index < -0.39 is 0 Å². The molecule has 0 unspecified atom stereocenters. The number of rotatable bonds is 4. The van der Waals surface area contributed by atoms with Crippen molar-refractivity contribution in [3.8, 4) is 0 Å². The molecule has 1 atom stereocenters. The quantitative estimate of drug-likeness (QED) is 0.826. The molecule has 4 rings (SSSR count). The van der Waals surface area contributed by atoms with Gasteiger partial charge in [0.1, 0.15) is 5.82 Å². The van der Waals surface area contributed by atoms with E-state index in [0.717, 1.165) is 45.0 Å². The fourth-order valence-corrected chi connectivity index (χ4v) is 4.41. The molecule has 0 amide bonds. The number of anilines is 1. The number of aryl methyl sites for hydroxylation is 1. The van der Waals surface area contributed by atoms with Gasteiger partial charge in [0.05, 0.1) is 6.20 Å². The molecule has 2 aliphatic heterocycles. The van der Waals surface area contributed by atoms with Gasteiger partial charge in [0.2, 0.25) is 0 Å². The number of nitrogens with zero attached hydrogens (tertiary/aromatic N) is 5. The zero-order valence-corrected chi connectivity index (χ0v) is 16.4. The molecule has 3 heterocycles. The molecule has 2 fully saturated rings. The van der Waals surface area contributed by atoms with E-state index >= 15 is 0 Å². The summed E-state index contributed by atoms with van der Waals surface area (Å²) in [5, 5.41) is 4.38. The number of likely N-dealkylation sites (tertiary alicyclic amines) is 1. The smallest absolute Gasteiger partial charge is 0.123 e. The summed E-state index contributed by atoms with van der Waals surface area (Å²) in [7, 11) is 2.01. The van der Waals surface area contributed by atoms with Crippen molar-refractivity contribution in [1.29, 1.82) is 0 Å². The summed E-state index contributed by atoms with van der Waals surface area (Å²) < 4.78 is 15.1. The minimum atomic E-state index is -0.163. The number of benzene rings is 1. The molecule has 0 radical (unpaired) electrons. The van der Waals surface area contributed by atoms with Crippen LogP contribution in [-0.4, -0.2) is 64.9 Å². The first-order chi connectivity index (χ1) is 13.1. The largest absolute Gasteiger partial charge is 0.369 e. The molecular formula is C21H30FN5. The van der Waals surface area contributed by atoms with E-state index in [1.807, 2.05) is 30.1 Å². The number of halogens is 1. The fraction of sp³-hybridized carbons (Fsp3) is 0.571. The van der Waals surface area contributed by atoms with Crippen LogP contribution in [0.1, 0.15) is 24.1 Å². The monoisotopic (exact) mass is 371 g/mol. The van der Waals surface area contributed by atoms with Gasteiger partial charge in [-0.2, -0.15) is 5.10 Å². The second kappa shape index (κ2) is 7.98. The van der Waals surface area contributed by atoms with E-state index in [2.05, 4.69) is 26.7 Å². The van der Waals surface area contributed by atoms with E-state index in [-0.39, 0.29) is 5.82 Å². The Hall–Kier alpha value is -1.92. The normalized spacial score (nSPS) is 22.3. The van der Waals surface area contributed by atoms with Crippen LogP contribution < -0.4 is 4.90 Å². The van der Waals surface area contributed by atoms with Crippen LogP contribution in [0.25, 0.3) is 0 Å². The summed E-state index contributed by atoms with van der Waals surface area (Å²) in [6.07, 6.45) is 4.57. The zero-order chi connectivity index (χ0) is 18.8.